The summed E-state index contributed by atoms with van der Waals surface area (Å²) in [5, 5.41) is 2.90. The van der Waals surface area contributed by atoms with Gasteiger partial charge in [-0.25, -0.2) is 24.7 Å². The molecule has 2 atom stereocenters. The van der Waals surface area contributed by atoms with Gasteiger partial charge < -0.3 is 19.7 Å². The highest BCUT2D eigenvalue weighted by Crippen LogP contribution is 2.31. The SMILES string of the molecule is C[C@H]1CCc2nc3ccc(-c4cnc(N5CCN6C(=O)NC[C@@H]6C5)nc4)nc3n21. The topological polar surface area (TPSA) is 92.1 Å². The predicted molar refractivity (Wildman–Crippen MR) is 108 cm³/mol. The molecular weight excluding hydrogens is 368 g/mol. The van der Waals surface area contributed by atoms with Crippen LogP contribution in [0.1, 0.15) is 25.2 Å². The first kappa shape index (κ1) is 16.7. The average Bonchev–Trinajstić information content (AvgIpc) is 3.42. The van der Waals surface area contributed by atoms with Crippen molar-refractivity contribution >= 4 is 23.1 Å². The van der Waals surface area contributed by atoms with Gasteiger partial charge in [0, 0.05) is 56.6 Å². The minimum Gasteiger partial charge on any atom is -0.337 e. The summed E-state index contributed by atoms with van der Waals surface area (Å²) < 4.78 is 2.25. The molecule has 3 aromatic rings. The number of urea groups is 1. The Labute approximate surface area is 167 Å². The Hall–Kier alpha value is -3.23. The molecule has 0 radical (unpaired) electrons. The molecule has 9 nitrogen and oxygen atoms in total. The number of fused-ring (bicyclic) bond motifs is 4. The number of carbonyl (C=O) groups is 1. The quantitative estimate of drug-likeness (QED) is 0.715. The van der Waals surface area contributed by atoms with Crippen LogP contribution >= 0.6 is 0 Å². The van der Waals surface area contributed by atoms with Crippen LogP contribution in [0.4, 0.5) is 10.7 Å². The molecule has 0 unspecified atom stereocenters. The molecule has 6 rings (SSSR count). The Kier molecular flexibility index (Phi) is 3.53. The standard InChI is InChI=1S/C20H22N8O/c1-12-2-5-17-24-16-4-3-15(25-18(16)28(12)17)13-8-21-19(22-9-13)26-6-7-27-14(11-26)10-23-20(27)29/h3-4,8-9,12,14H,2,5-7,10-11H2,1H3,(H,23,29)/t12-,14+/m0/s1. The van der Waals surface area contributed by atoms with Crippen molar-refractivity contribution in [1.29, 1.82) is 0 Å². The molecule has 0 aromatic carbocycles. The Morgan fingerprint density at radius 1 is 1.14 bits per heavy atom. The van der Waals surface area contributed by atoms with Crippen LogP contribution in [-0.4, -0.2) is 67.7 Å². The molecule has 0 saturated carbocycles. The van der Waals surface area contributed by atoms with E-state index in [2.05, 4.69) is 31.7 Å². The number of anilines is 1. The third-order valence-electron chi connectivity index (χ3n) is 6.29. The summed E-state index contributed by atoms with van der Waals surface area (Å²) in [4.78, 5) is 34.6. The van der Waals surface area contributed by atoms with E-state index in [0.29, 0.717) is 25.1 Å². The minimum absolute atomic E-state index is 0.0352. The second-order valence-electron chi connectivity index (χ2n) is 8.08. The molecule has 148 valence electrons. The van der Waals surface area contributed by atoms with Crippen LogP contribution in [0.2, 0.25) is 0 Å². The van der Waals surface area contributed by atoms with Crippen molar-refractivity contribution in [2.75, 3.05) is 31.1 Å². The lowest BCUT2D eigenvalue weighted by Gasteiger charge is -2.36. The molecule has 29 heavy (non-hydrogen) atoms. The highest BCUT2D eigenvalue weighted by atomic mass is 16.2. The van der Waals surface area contributed by atoms with Crippen molar-refractivity contribution < 1.29 is 4.79 Å². The van der Waals surface area contributed by atoms with Crippen LogP contribution < -0.4 is 10.2 Å². The van der Waals surface area contributed by atoms with E-state index in [0.717, 1.165) is 54.2 Å². The van der Waals surface area contributed by atoms with Gasteiger partial charge in [0.2, 0.25) is 5.95 Å². The van der Waals surface area contributed by atoms with Crippen LogP contribution in [0, 0.1) is 0 Å². The van der Waals surface area contributed by atoms with Crippen LogP contribution in [-0.2, 0) is 6.42 Å². The molecule has 0 spiro atoms. The summed E-state index contributed by atoms with van der Waals surface area (Å²) in [6, 6.07) is 4.69. The van der Waals surface area contributed by atoms with Crippen molar-refractivity contribution in [3.8, 4) is 11.3 Å². The van der Waals surface area contributed by atoms with E-state index in [1.54, 1.807) is 0 Å². The summed E-state index contributed by atoms with van der Waals surface area (Å²) in [5.74, 6) is 1.83. The van der Waals surface area contributed by atoms with Crippen molar-refractivity contribution in [3.05, 3.63) is 30.4 Å². The number of hydrogen-bond acceptors (Lipinski definition) is 6. The molecule has 2 saturated heterocycles. The van der Waals surface area contributed by atoms with Gasteiger partial charge in [-0.15, -0.1) is 0 Å². The maximum absolute atomic E-state index is 11.8. The second-order valence-corrected chi connectivity index (χ2v) is 8.08. The van der Waals surface area contributed by atoms with E-state index in [9.17, 15) is 4.79 Å². The molecule has 2 fully saturated rings. The van der Waals surface area contributed by atoms with E-state index < -0.39 is 0 Å². The molecule has 1 N–H and O–H groups in total. The number of amides is 2. The average molecular weight is 390 g/mol. The fourth-order valence-corrected chi connectivity index (χ4v) is 4.69. The first-order valence-corrected chi connectivity index (χ1v) is 10.2. The van der Waals surface area contributed by atoms with Crippen molar-refractivity contribution in [2.45, 2.75) is 31.8 Å². The van der Waals surface area contributed by atoms with Gasteiger partial charge in [-0.05, 0) is 25.5 Å². The molecule has 2 amide bonds. The number of piperazine rings is 1. The Morgan fingerprint density at radius 2 is 2.00 bits per heavy atom. The van der Waals surface area contributed by atoms with Crippen LogP contribution in [0.15, 0.2) is 24.5 Å². The summed E-state index contributed by atoms with van der Waals surface area (Å²) in [6.45, 7) is 5.10. The third-order valence-corrected chi connectivity index (χ3v) is 6.29. The number of carbonyl (C=O) groups excluding carboxylic acids is 1. The normalized spacial score (nSPS) is 23.4. The molecule has 0 aliphatic carbocycles. The number of hydrogen-bond donors (Lipinski definition) is 1. The lowest BCUT2D eigenvalue weighted by Crippen LogP contribution is -2.52. The number of rotatable bonds is 2. The number of nitrogens with zero attached hydrogens (tertiary/aromatic N) is 7. The van der Waals surface area contributed by atoms with Gasteiger partial charge in [0.25, 0.3) is 0 Å². The van der Waals surface area contributed by atoms with Gasteiger partial charge in [-0.2, -0.15) is 0 Å². The largest absolute Gasteiger partial charge is 0.337 e. The van der Waals surface area contributed by atoms with E-state index in [1.807, 2.05) is 29.4 Å². The van der Waals surface area contributed by atoms with Gasteiger partial charge in [0.05, 0.1) is 11.7 Å². The summed E-state index contributed by atoms with van der Waals surface area (Å²) in [6.07, 6.45) is 5.81. The van der Waals surface area contributed by atoms with Crippen molar-refractivity contribution in [1.82, 2.24) is 34.7 Å². The Bertz CT molecular complexity index is 1110. The van der Waals surface area contributed by atoms with Crippen molar-refractivity contribution in [2.24, 2.45) is 0 Å². The fraction of sp³-hybridized carbons (Fsp3) is 0.450. The first-order chi connectivity index (χ1) is 14.2. The van der Waals surface area contributed by atoms with Crippen molar-refractivity contribution in [3.63, 3.8) is 0 Å². The van der Waals surface area contributed by atoms with Gasteiger partial charge in [0.1, 0.15) is 11.3 Å². The minimum atomic E-state index is 0.0352. The molecule has 3 aliphatic heterocycles. The second kappa shape index (κ2) is 6.13. The first-order valence-electron chi connectivity index (χ1n) is 10.2. The zero-order valence-corrected chi connectivity index (χ0v) is 16.2. The van der Waals surface area contributed by atoms with Gasteiger partial charge in [-0.1, -0.05) is 0 Å². The summed E-state index contributed by atoms with van der Waals surface area (Å²) in [5.41, 5.74) is 3.65. The number of aryl methyl sites for hydroxylation is 1. The van der Waals surface area contributed by atoms with E-state index in [1.165, 1.54) is 0 Å². The van der Waals surface area contributed by atoms with E-state index >= 15 is 0 Å². The lowest BCUT2D eigenvalue weighted by molar-refractivity contribution is 0.197. The molecule has 9 heteroatoms. The molecule has 3 aromatic heterocycles. The molecule has 0 bridgehead atoms. The number of aromatic nitrogens is 5. The van der Waals surface area contributed by atoms with Crippen LogP contribution in [0.25, 0.3) is 22.4 Å². The number of pyridine rings is 1. The maximum Gasteiger partial charge on any atom is 0.317 e. The molecule has 3 aliphatic rings. The highest BCUT2D eigenvalue weighted by molar-refractivity contribution is 5.78. The fourth-order valence-electron chi connectivity index (χ4n) is 4.69. The third kappa shape index (κ3) is 2.56. The summed E-state index contributed by atoms with van der Waals surface area (Å²) >= 11 is 0. The molecular formula is C20H22N8O. The predicted octanol–water partition coefficient (Wildman–Crippen LogP) is 1.61. The summed E-state index contributed by atoms with van der Waals surface area (Å²) in [7, 11) is 0. The highest BCUT2D eigenvalue weighted by Gasteiger charge is 2.36. The van der Waals surface area contributed by atoms with Gasteiger partial charge in [-0.3, -0.25) is 0 Å². The van der Waals surface area contributed by atoms with E-state index in [4.69, 9.17) is 9.97 Å². The van der Waals surface area contributed by atoms with Gasteiger partial charge >= 0.3 is 6.03 Å². The van der Waals surface area contributed by atoms with E-state index in [-0.39, 0.29) is 12.1 Å². The monoisotopic (exact) mass is 390 g/mol. The number of nitrogens with one attached hydrogen (secondary N) is 1. The van der Waals surface area contributed by atoms with Crippen LogP contribution in [0.3, 0.4) is 0 Å². The Morgan fingerprint density at radius 3 is 2.86 bits per heavy atom. The smallest absolute Gasteiger partial charge is 0.317 e. The lowest BCUT2D eigenvalue weighted by atomic mass is 10.2. The number of imidazole rings is 1. The zero-order chi connectivity index (χ0) is 19.5. The maximum atomic E-state index is 11.8. The van der Waals surface area contributed by atoms with Crippen LogP contribution in [0.5, 0.6) is 0 Å². The van der Waals surface area contributed by atoms with Gasteiger partial charge in [0.15, 0.2) is 5.65 Å². The zero-order valence-electron chi connectivity index (χ0n) is 16.2. The molecule has 6 heterocycles. The Balaban J connectivity index is 1.27.